The Labute approximate surface area is 127 Å². The smallest absolute Gasteiger partial charge is 0.220 e. The number of para-hydroxylation sites is 1. The molecule has 0 bridgehead atoms. The van der Waals surface area contributed by atoms with Crippen LogP contribution in [0.2, 0.25) is 0 Å². The number of nitrogen functional groups attached to an aromatic ring is 1. The van der Waals surface area contributed by atoms with E-state index >= 15 is 0 Å². The van der Waals surface area contributed by atoms with Gasteiger partial charge in [-0.25, -0.2) is 0 Å². The highest BCUT2D eigenvalue weighted by Gasteiger charge is 2.15. The number of likely N-dealkylation sites (tertiary alicyclic amines) is 1. The molecule has 1 aromatic carbocycles. The maximum atomic E-state index is 12.0. The number of hydrogen-bond acceptors (Lipinski definition) is 3. The summed E-state index contributed by atoms with van der Waals surface area (Å²) in [6, 6.07) is 7.96. The van der Waals surface area contributed by atoms with E-state index in [-0.39, 0.29) is 11.9 Å². The number of hydrogen-bond donors (Lipinski definition) is 2. The second-order valence-corrected chi connectivity index (χ2v) is 6.03. The van der Waals surface area contributed by atoms with Crippen LogP contribution in [0.3, 0.4) is 0 Å². The molecule has 116 valence electrons. The predicted molar refractivity (Wildman–Crippen MR) is 87.1 cm³/mol. The molecular formula is C17H27N3O. The van der Waals surface area contributed by atoms with E-state index in [2.05, 4.69) is 17.1 Å². The number of nitrogens with zero attached hydrogens (tertiary/aromatic N) is 1. The van der Waals surface area contributed by atoms with Crippen molar-refractivity contribution in [3.05, 3.63) is 29.8 Å². The van der Waals surface area contributed by atoms with Gasteiger partial charge in [0.15, 0.2) is 0 Å². The molecule has 3 N–H and O–H groups in total. The van der Waals surface area contributed by atoms with E-state index in [1.165, 1.54) is 32.4 Å². The minimum Gasteiger partial charge on any atom is -0.399 e. The summed E-state index contributed by atoms with van der Waals surface area (Å²) in [6.07, 6.45) is 5.12. The van der Waals surface area contributed by atoms with Crippen LogP contribution >= 0.6 is 0 Å². The Balaban J connectivity index is 1.70. The van der Waals surface area contributed by atoms with Gasteiger partial charge in [0.1, 0.15) is 0 Å². The minimum absolute atomic E-state index is 0.114. The van der Waals surface area contributed by atoms with Crippen LogP contribution in [0.25, 0.3) is 0 Å². The zero-order valence-electron chi connectivity index (χ0n) is 13.0. The molecule has 4 heteroatoms. The number of carbonyl (C=O) groups excluding carboxylic acids is 1. The van der Waals surface area contributed by atoms with Gasteiger partial charge in [-0.15, -0.1) is 0 Å². The Kier molecular flexibility index (Phi) is 6.05. The van der Waals surface area contributed by atoms with E-state index in [9.17, 15) is 4.79 Å². The molecule has 0 radical (unpaired) electrons. The molecule has 1 aliphatic rings. The number of anilines is 1. The van der Waals surface area contributed by atoms with Crippen molar-refractivity contribution in [2.75, 3.05) is 25.4 Å². The fourth-order valence-corrected chi connectivity index (χ4v) is 2.93. The summed E-state index contributed by atoms with van der Waals surface area (Å²) in [6.45, 7) is 5.38. The third kappa shape index (κ3) is 5.38. The topological polar surface area (TPSA) is 58.4 Å². The first-order valence-corrected chi connectivity index (χ1v) is 8.00. The second-order valence-electron chi connectivity index (χ2n) is 6.03. The van der Waals surface area contributed by atoms with E-state index in [4.69, 9.17) is 5.73 Å². The van der Waals surface area contributed by atoms with Crippen molar-refractivity contribution in [3.8, 4) is 0 Å². The molecule has 1 amide bonds. The molecule has 1 atom stereocenters. The number of aryl methyl sites for hydroxylation is 1. The average molecular weight is 289 g/mol. The SMILES string of the molecule is CC(CN1CCCCC1)NC(=O)CCc1ccccc1N. The van der Waals surface area contributed by atoms with Crippen LogP contribution in [0, 0.1) is 0 Å². The largest absolute Gasteiger partial charge is 0.399 e. The monoisotopic (exact) mass is 289 g/mol. The Bertz CT molecular complexity index is 455. The first-order valence-electron chi connectivity index (χ1n) is 8.00. The van der Waals surface area contributed by atoms with Crippen LogP contribution in [-0.4, -0.2) is 36.5 Å². The van der Waals surface area contributed by atoms with Crippen molar-refractivity contribution in [1.29, 1.82) is 0 Å². The number of nitrogens with two attached hydrogens (primary N) is 1. The van der Waals surface area contributed by atoms with E-state index in [0.29, 0.717) is 12.8 Å². The molecular weight excluding hydrogens is 262 g/mol. The van der Waals surface area contributed by atoms with E-state index < -0.39 is 0 Å². The Hall–Kier alpha value is -1.55. The number of benzene rings is 1. The van der Waals surface area contributed by atoms with Gasteiger partial charge in [-0.3, -0.25) is 4.79 Å². The lowest BCUT2D eigenvalue weighted by molar-refractivity contribution is -0.121. The lowest BCUT2D eigenvalue weighted by atomic mass is 10.1. The molecule has 2 rings (SSSR count). The average Bonchev–Trinajstić information content (AvgIpc) is 2.47. The molecule has 1 aliphatic heterocycles. The molecule has 1 aromatic rings. The van der Waals surface area contributed by atoms with Crippen LogP contribution in [0.5, 0.6) is 0 Å². The van der Waals surface area contributed by atoms with E-state index in [1.807, 2.05) is 24.3 Å². The number of rotatable bonds is 6. The zero-order valence-corrected chi connectivity index (χ0v) is 13.0. The Morgan fingerprint density at radius 3 is 2.71 bits per heavy atom. The number of piperidine rings is 1. The molecule has 1 saturated heterocycles. The third-order valence-electron chi connectivity index (χ3n) is 4.06. The highest BCUT2D eigenvalue weighted by molar-refractivity contribution is 5.76. The minimum atomic E-state index is 0.114. The molecule has 4 nitrogen and oxygen atoms in total. The maximum absolute atomic E-state index is 12.0. The number of amides is 1. The third-order valence-corrected chi connectivity index (χ3v) is 4.06. The van der Waals surface area contributed by atoms with Gasteiger partial charge >= 0.3 is 0 Å². The van der Waals surface area contributed by atoms with Gasteiger partial charge < -0.3 is 16.0 Å². The molecule has 0 spiro atoms. The highest BCUT2D eigenvalue weighted by Crippen LogP contribution is 2.13. The molecule has 1 unspecified atom stereocenters. The molecule has 1 heterocycles. The van der Waals surface area contributed by atoms with Crippen molar-refractivity contribution in [1.82, 2.24) is 10.2 Å². The van der Waals surface area contributed by atoms with Crippen molar-refractivity contribution >= 4 is 11.6 Å². The quantitative estimate of drug-likeness (QED) is 0.789. The van der Waals surface area contributed by atoms with Crippen molar-refractivity contribution in [3.63, 3.8) is 0 Å². The summed E-state index contributed by atoms with van der Waals surface area (Å²) >= 11 is 0. The van der Waals surface area contributed by atoms with Crippen LogP contribution in [0.15, 0.2) is 24.3 Å². The van der Waals surface area contributed by atoms with Gasteiger partial charge in [0.2, 0.25) is 5.91 Å². The molecule has 0 aliphatic carbocycles. The molecule has 1 fully saturated rings. The summed E-state index contributed by atoms with van der Waals surface area (Å²) in [4.78, 5) is 14.5. The lowest BCUT2D eigenvalue weighted by Crippen LogP contribution is -2.43. The van der Waals surface area contributed by atoms with Gasteiger partial charge in [0.25, 0.3) is 0 Å². The second kappa shape index (κ2) is 8.03. The number of nitrogens with one attached hydrogen (secondary N) is 1. The molecule has 21 heavy (non-hydrogen) atoms. The van der Waals surface area contributed by atoms with Crippen LogP contribution in [0.1, 0.15) is 38.2 Å². The van der Waals surface area contributed by atoms with E-state index in [1.54, 1.807) is 0 Å². The Morgan fingerprint density at radius 1 is 1.29 bits per heavy atom. The standard InChI is InChI=1S/C17H27N3O/c1-14(13-20-11-5-2-6-12-20)19-17(21)10-9-15-7-3-4-8-16(15)18/h3-4,7-8,14H,2,5-6,9-13,18H2,1H3,(H,19,21). The fourth-order valence-electron chi connectivity index (χ4n) is 2.93. The van der Waals surface area contributed by atoms with Crippen molar-refractivity contribution < 1.29 is 4.79 Å². The van der Waals surface area contributed by atoms with Crippen molar-refractivity contribution in [2.45, 2.75) is 45.1 Å². The van der Waals surface area contributed by atoms with Crippen molar-refractivity contribution in [2.24, 2.45) is 0 Å². The van der Waals surface area contributed by atoms with Gasteiger partial charge in [-0.05, 0) is 50.9 Å². The van der Waals surface area contributed by atoms with Crippen LogP contribution < -0.4 is 11.1 Å². The Morgan fingerprint density at radius 2 is 2.00 bits per heavy atom. The van der Waals surface area contributed by atoms with Gasteiger partial charge in [-0.2, -0.15) is 0 Å². The first-order chi connectivity index (χ1) is 10.1. The summed E-state index contributed by atoms with van der Waals surface area (Å²) in [7, 11) is 0. The first kappa shape index (κ1) is 15.8. The summed E-state index contributed by atoms with van der Waals surface area (Å²) in [5, 5.41) is 3.10. The van der Waals surface area contributed by atoms with Crippen LogP contribution in [-0.2, 0) is 11.2 Å². The van der Waals surface area contributed by atoms with Gasteiger partial charge in [0, 0.05) is 24.7 Å². The summed E-state index contributed by atoms with van der Waals surface area (Å²) in [5.74, 6) is 0.114. The van der Waals surface area contributed by atoms with E-state index in [0.717, 1.165) is 17.8 Å². The van der Waals surface area contributed by atoms with Crippen LogP contribution in [0.4, 0.5) is 5.69 Å². The highest BCUT2D eigenvalue weighted by atomic mass is 16.1. The number of carbonyl (C=O) groups is 1. The van der Waals surface area contributed by atoms with Gasteiger partial charge in [0.05, 0.1) is 0 Å². The molecule has 0 aromatic heterocycles. The summed E-state index contributed by atoms with van der Waals surface area (Å²) in [5.41, 5.74) is 7.72. The van der Waals surface area contributed by atoms with Gasteiger partial charge in [-0.1, -0.05) is 24.6 Å². The predicted octanol–water partition coefficient (Wildman–Crippen LogP) is 2.19. The maximum Gasteiger partial charge on any atom is 0.220 e. The summed E-state index contributed by atoms with van der Waals surface area (Å²) < 4.78 is 0. The lowest BCUT2D eigenvalue weighted by Gasteiger charge is -2.29. The fraction of sp³-hybridized carbons (Fsp3) is 0.588. The normalized spacial score (nSPS) is 17.4. The molecule has 0 saturated carbocycles. The zero-order chi connectivity index (χ0) is 15.1.